The molecule has 0 bridgehead atoms. The van der Waals surface area contributed by atoms with E-state index in [0.717, 1.165) is 31.2 Å². The highest BCUT2D eigenvalue weighted by Gasteiger charge is 2.29. The molecule has 30 heavy (non-hydrogen) atoms. The van der Waals surface area contributed by atoms with Crippen LogP contribution in [0.5, 0.6) is 0 Å². The molecule has 0 atom stereocenters. The Labute approximate surface area is 174 Å². The maximum Gasteiger partial charge on any atom is 0.491 e. The van der Waals surface area contributed by atoms with Gasteiger partial charge in [-0.05, 0) is 54.9 Å². The van der Waals surface area contributed by atoms with E-state index < -0.39 is 28.3 Å². The van der Waals surface area contributed by atoms with E-state index in [0.29, 0.717) is 5.46 Å². The zero-order valence-corrected chi connectivity index (χ0v) is 16.8. The number of nitrogens with zero attached hydrogens (tertiary/aromatic N) is 1. The molecule has 4 rings (SSSR count). The van der Waals surface area contributed by atoms with Crippen LogP contribution in [-0.2, 0) is 26.0 Å². The highest BCUT2D eigenvalue weighted by molar-refractivity contribution is 7.92. The molecule has 1 amide bonds. The van der Waals surface area contributed by atoms with Gasteiger partial charge in [0.2, 0.25) is 0 Å². The second kappa shape index (κ2) is 8.13. The Balaban J connectivity index is 1.56. The van der Waals surface area contributed by atoms with Gasteiger partial charge in [-0.2, -0.15) is 8.42 Å². The molecule has 2 heterocycles. The lowest BCUT2D eigenvalue weighted by atomic mass is 9.79. The van der Waals surface area contributed by atoms with Crippen molar-refractivity contribution in [3.05, 3.63) is 36.0 Å². The third kappa shape index (κ3) is 4.35. The quantitative estimate of drug-likeness (QED) is 0.514. The minimum absolute atomic E-state index is 0.0879. The first kappa shape index (κ1) is 20.4. The number of nitrogen functional groups attached to an aromatic ring is 1. The van der Waals surface area contributed by atoms with Crippen LogP contribution in [0.25, 0.3) is 0 Å². The number of carbonyl (C=O) groups is 1. The molecule has 2 aliphatic rings. The van der Waals surface area contributed by atoms with Crippen molar-refractivity contribution < 1.29 is 27.6 Å². The van der Waals surface area contributed by atoms with Crippen molar-refractivity contribution in [3.63, 3.8) is 0 Å². The SMILES string of the molecule is Nc1cnc(S(=O)(=O)Nc2ccc3c(c2)B(O)OC3)c(NC(=O)OC2CCCC2)c1. The monoisotopic (exact) mass is 432 g/mol. The zero-order valence-electron chi connectivity index (χ0n) is 16.0. The van der Waals surface area contributed by atoms with Crippen molar-refractivity contribution in [1.29, 1.82) is 0 Å². The van der Waals surface area contributed by atoms with E-state index in [4.69, 9.17) is 15.1 Å². The average molecular weight is 432 g/mol. The lowest BCUT2D eigenvalue weighted by Crippen LogP contribution is -2.28. The number of nitrogens with one attached hydrogen (secondary N) is 2. The first-order chi connectivity index (χ1) is 14.3. The molecule has 1 fully saturated rings. The molecule has 1 aromatic heterocycles. The number of amides is 1. The summed E-state index contributed by atoms with van der Waals surface area (Å²) >= 11 is 0. The Morgan fingerprint density at radius 1 is 1.30 bits per heavy atom. The van der Waals surface area contributed by atoms with Crippen LogP contribution in [0.2, 0.25) is 0 Å². The van der Waals surface area contributed by atoms with Crippen LogP contribution in [0.15, 0.2) is 35.5 Å². The van der Waals surface area contributed by atoms with Crippen molar-refractivity contribution in [2.75, 3.05) is 15.8 Å². The van der Waals surface area contributed by atoms with E-state index in [1.807, 2.05) is 0 Å². The average Bonchev–Trinajstić information content (AvgIpc) is 3.31. The number of nitrogens with two attached hydrogens (primary N) is 1. The summed E-state index contributed by atoms with van der Waals surface area (Å²) in [6.07, 6.45) is 3.78. The number of ether oxygens (including phenoxy) is 1. The number of aromatic nitrogens is 1. The first-order valence-corrected chi connectivity index (χ1v) is 11.0. The fourth-order valence-electron chi connectivity index (χ4n) is 3.55. The van der Waals surface area contributed by atoms with E-state index in [2.05, 4.69) is 15.0 Å². The van der Waals surface area contributed by atoms with Crippen LogP contribution in [0.3, 0.4) is 0 Å². The third-order valence-corrected chi connectivity index (χ3v) is 6.34. The molecule has 0 radical (unpaired) electrons. The van der Waals surface area contributed by atoms with Crippen LogP contribution >= 0.6 is 0 Å². The summed E-state index contributed by atoms with van der Waals surface area (Å²) in [5, 5.41) is 11.9. The van der Waals surface area contributed by atoms with Gasteiger partial charge in [0.05, 0.1) is 24.2 Å². The van der Waals surface area contributed by atoms with Gasteiger partial charge in [0.15, 0.2) is 5.03 Å². The largest absolute Gasteiger partial charge is 0.491 e. The number of anilines is 3. The first-order valence-electron chi connectivity index (χ1n) is 9.50. The lowest BCUT2D eigenvalue weighted by Gasteiger charge is -2.15. The zero-order chi connectivity index (χ0) is 21.3. The Kier molecular flexibility index (Phi) is 5.54. The molecule has 1 aromatic carbocycles. The van der Waals surface area contributed by atoms with Gasteiger partial charge in [-0.3, -0.25) is 10.0 Å². The Hall–Kier alpha value is -2.83. The normalized spacial score (nSPS) is 16.4. The second-order valence-electron chi connectivity index (χ2n) is 7.24. The lowest BCUT2D eigenvalue weighted by molar-refractivity contribution is 0.114. The van der Waals surface area contributed by atoms with Gasteiger partial charge >= 0.3 is 13.2 Å². The fraction of sp³-hybridized carbons (Fsp3) is 0.333. The molecule has 158 valence electrons. The molecule has 2 aromatic rings. The summed E-state index contributed by atoms with van der Waals surface area (Å²) in [6, 6.07) is 6.01. The van der Waals surface area contributed by atoms with Crippen molar-refractivity contribution in [3.8, 4) is 0 Å². The standard InChI is InChI=1S/C18H21BN4O6S/c20-12-7-16(22-18(24)29-14-3-1-2-4-14)17(21-9-12)30(26,27)23-13-6-5-11-10-28-19(25)15(11)8-13/h5-9,14,23,25H,1-4,10,20H2,(H,22,24). The molecular weight excluding hydrogens is 411 g/mol. The van der Waals surface area contributed by atoms with Crippen molar-refractivity contribution in [2.24, 2.45) is 0 Å². The predicted molar refractivity (Wildman–Crippen MR) is 111 cm³/mol. The number of hydrogen-bond donors (Lipinski definition) is 4. The highest BCUT2D eigenvalue weighted by Crippen LogP contribution is 2.26. The molecule has 12 heteroatoms. The minimum atomic E-state index is -4.18. The van der Waals surface area contributed by atoms with E-state index in [1.54, 1.807) is 12.1 Å². The number of pyridine rings is 1. The van der Waals surface area contributed by atoms with Crippen molar-refractivity contribution in [1.82, 2.24) is 4.98 Å². The maximum atomic E-state index is 12.9. The molecule has 0 spiro atoms. The van der Waals surface area contributed by atoms with E-state index in [-0.39, 0.29) is 29.8 Å². The number of hydrogen-bond acceptors (Lipinski definition) is 8. The fourth-order valence-corrected chi connectivity index (χ4v) is 4.68. The highest BCUT2D eigenvalue weighted by atomic mass is 32.2. The van der Waals surface area contributed by atoms with Crippen LogP contribution in [0.4, 0.5) is 21.9 Å². The molecule has 5 N–H and O–H groups in total. The van der Waals surface area contributed by atoms with Gasteiger partial charge < -0.3 is 20.1 Å². The van der Waals surface area contributed by atoms with Crippen LogP contribution in [0.1, 0.15) is 31.2 Å². The summed E-state index contributed by atoms with van der Waals surface area (Å²) in [6.45, 7) is 0.250. The molecule has 1 aliphatic heterocycles. The number of carbonyl (C=O) groups excluding carboxylic acids is 1. The Morgan fingerprint density at radius 3 is 2.83 bits per heavy atom. The second-order valence-corrected chi connectivity index (χ2v) is 8.84. The summed E-state index contributed by atoms with van der Waals surface area (Å²) in [7, 11) is -5.29. The van der Waals surface area contributed by atoms with Gasteiger partial charge in [-0.15, -0.1) is 0 Å². The van der Waals surface area contributed by atoms with E-state index >= 15 is 0 Å². The van der Waals surface area contributed by atoms with Gasteiger partial charge in [-0.25, -0.2) is 9.78 Å². The van der Waals surface area contributed by atoms with Crippen LogP contribution in [0, 0.1) is 0 Å². The maximum absolute atomic E-state index is 12.9. The molecule has 1 aliphatic carbocycles. The van der Waals surface area contributed by atoms with E-state index in [9.17, 15) is 18.2 Å². The topological polar surface area (TPSA) is 153 Å². The molecule has 0 unspecified atom stereocenters. The van der Waals surface area contributed by atoms with E-state index in [1.165, 1.54) is 18.3 Å². The molecular formula is C18H21BN4O6S. The summed E-state index contributed by atoms with van der Waals surface area (Å²) in [5.74, 6) is 0. The van der Waals surface area contributed by atoms with Gasteiger partial charge in [-0.1, -0.05) is 6.07 Å². The molecule has 1 saturated carbocycles. The number of sulfonamides is 1. The third-order valence-electron chi connectivity index (χ3n) is 5.00. The minimum Gasteiger partial charge on any atom is -0.446 e. The number of fused-ring (bicyclic) bond motifs is 1. The van der Waals surface area contributed by atoms with Gasteiger partial charge in [0.25, 0.3) is 10.0 Å². The van der Waals surface area contributed by atoms with Crippen molar-refractivity contribution >= 4 is 45.8 Å². The predicted octanol–water partition coefficient (Wildman–Crippen LogP) is 1.17. The molecule has 0 saturated heterocycles. The number of rotatable bonds is 5. The van der Waals surface area contributed by atoms with Crippen molar-refractivity contribution in [2.45, 2.75) is 43.4 Å². The Morgan fingerprint density at radius 2 is 2.07 bits per heavy atom. The summed E-state index contributed by atoms with van der Waals surface area (Å²) < 4.78 is 38.7. The Bertz CT molecular complexity index is 1070. The number of benzene rings is 1. The van der Waals surface area contributed by atoms with Crippen LogP contribution < -0.4 is 21.2 Å². The molecule has 10 nitrogen and oxygen atoms in total. The van der Waals surface area contributed by atoms with Crippen LogP contribution in [-0.4, -0.2) is 37.7 Å². The van der Waals surface area contributed by atoms with Gasteiger partial charge in [0, 0.05) is 5.69 Å². The van der Waals surface area contributed by atoms with Gasteiger partial charge in [0.1, 0.15) is 6.10 Å². The summed E-state index contributed by atoms with van der Waals surface area (Å²) in [5.41, 5.74) is 7.30. The smallest absolute Gasteiger partial charge is 0.446 e. The summed E-state index contributed by atoms with van der Waals surface area (Å²) in [4.78, 5) is 16.1.